The van der Waals surface area contributed by atoms with Gasteiger partial charge in [-0.3, -0.25) is 9.69 Å². The van der Waals surface area contributed by atoms with Gasteiger partial charge in [0.25, 0.3) is 0 Å². The Bertz CT molecular complexity index is 778. The molecule has 1 aromatic heterocycles. The molecule has 3 rings (SSSR count). The van der Waals surface area contributed by atoms with Crippen LogP contribution in [0.25, 0.3) is 0 Å². The first-order valence-corrected chi connectivity index (χ1v) is 10.4. The first-order valence-electron chi connectivity index (χ1n) is 9.54. The monoisotopic (exact) mass is 386 g/mol. The number of likely N-dealkylation sites (N-methyl/N-ethyl adjacent to an activating group) is 1. The lowest BCUT2D eigenvalue weighted by molar-refractivity contribution is 0.0668. The normalized spacial score (nSPS) is 18.4. The van der Waals surface area contributed by atoms with Crippen LogP contribution in [-0.4, -0.2) is 56.6 Å². The Morgan fingerprint density at radius 3 is 2.37 bits per heavy atom. The van der Waals surface area contributed by atoms with Crippen LogP contribution in [0.15, 0.2) is 35.7 Å². The molecule has 2 atom stereocenters. The third kappa shape index (κ3) is 3.96. The van der Waals surface area contributed by atoms with Crippen LogP contribution in [0.3, 0.4) is 0 Å². The fraction of sp³-hybridized carbons (Fsp3) is 0.500. The summed E-state index contributed by atoms with van der Waals surface area (Å²) in [6, 6.07) is 10.3. The maximum atomic E-state index is 13.5. The Labute approximate surface area is 166 Å². The number of hydrogen-bond donors (Lipinski definition) is 0. The number of anilines is 1. The maximum absolute atomic E-state index is 13.5. The van der Waals surface area contributed by atoms with Gasteiger partial charge >= 0.3 is 0 Å². The molecule has 1 saturated heterocycles. The number of carbonyl (C=O) groups excluding carboxylic acids is 1. The fourth-order valence-corrected chi connectivity index (χ4v) is 4.76. The molecular formula is C22H30N2O2S. The second-order valence-corrected chi connectivity index (χ2v) is 8.71. The van der Waals surface area contributed by atoms with Crippen LogP contribution < -0.4 is 4.90 Å². The molecular weight excluding hydrogens is 356 g/mol. The van der Waals surface area contributed by atoms with E-state index in [-0.39, 0.29) is 11.7 Å². The van der Waals surface area contributed by atoms with Crippen molar-refractivity contribution in [2.75, 3.05) is 45.3 Å². The molecule has 0 saturated carbocycles. The molecule has 146 valence electrons. The Morgan fingerprint density at radius 2 is 1.85 bits per heavy atom. The van der Waals surface area contributed by atoms with Crippen molar-refractivity contribution >= 4 is 22.8 Å². The Kier molecular flexibility index (Phi) is 6.04. The number of carbonyl (C=O) groups is 1. The molecule has 1 aliphatic rings. The van der Waals surface area contributed by atoms with Crippen LogP contribution in [0, 0.1) is 6.92 Å². The van der Waals surface area contributed by atoms with Crippen molar-refractivity contribution in [1.82, 2.24) is 4.90 Å². The van der Waals surface area contributed by atoms with Gasteiger partial charge in [-0.1, -0.05) is 6.92 Å². The number of hydrogen-bond acceptors (Lipinski definition) is 5. The SMILES string of the molecule is Cc1csc(C(C)C(C)(C(=O)c2ccc(N3CCOCC3)cc2)N(C)C)c1. The summed E-state index contributed by atoms with van der Waals surface area (Å²) < 4.78 is 5.42. The lowest BCUT2D eigenvalue weighted by atomic mass is 9.78. The highest BCUT2D eigenvalue weighted by Crippen LogP contribution is 2.37. The minimum Gasteiger partial charge on any atom is -0.378 e. The summed E-state index contributed by atoms with van der Waals surface area (Å²) in [5.74, 6) is 0.275. The summed E-state index contributed by atoms with van der Waals surface area (Å²) in [4.78, 5) is 19.2. The molecule has 5 heteroatoms. The first kappa shape index (κ1) is 20.1. The van der Waals surface area contributed by atoms with Gasteiger partial charge in [0, 0.05) is 35.1 Å². The second-order valence-electron chi connectivity index (χ2n) is 7.77. The van der Waals surface area contributed by atoms with Gasteiger partial charge in [-0.15, -0.1) is 11.3 Å². The maximum Gasteiger partial charge on any atom is 0.183 e. The molecule has 0 bridgehead atoms. The number of rotatable bonds is 6. The van der Waals surface area contributed by atoms with E-state index in [2.05, 4.69) is 54.2 Å². The number of aryl methyl sites for hydroxylation is 1. The van der Waals surface area contributed by atoms with E-state index in [0.29, 0.717) is 0 Å². The van der Waals surface area contributed by atoms with Crippen LogP contribution in [0.4, 0.5) is 5.69 Å². The molecule has 1 aromatic carbocycles. The van der Waals surface area contributed by atoms with Gasteiger partial charge in [0.1, 0.15) is 0 Å². The summed E-state index contributed by atoms with van der Waals surface area (Å²) in [7, 11) is 3.99. The van der Waals surface area contributed by atoms with Crippen LogP contribution in [0.1, 0.15) is 40.6 Å². The summed E-state index contributed by atoms with van der Waals surface area (Å²) in [6.45, 7) is 9.64. The van der Waals surface area contributed by atoms with Crippen molar-refractivity contribution in [2.24, 2.45) is 0 Å². The number of morpholine rings is 1. The average molecular weight is 387 g/mol. The Hall–Kier alpha value is -1.69. The number of ketones is 1. The van der Waals surface area contributed by atoms with Gasteiger partial charge in [-0.2, -0.15) is 0 Å². The zero-order valence-corrected chi connectivity index (χ0v) is 17.8. The minimum absolute atomic E-state index is 0.109. The molecule has 2 heterocycles. The molecule has 0 spiro atoms. The van der Waals surface area contributed by atoms with Gasteiger partial charge in [0.2, 0.25) is 0 Å². The summed E-state index contributed by atoms with van der Waals surface area (Å²) in [5.41, 5.74) is 2.58. The van der Waals surface area contributed by atoms with Crippen molar-refractivity contribution in [3.8, 4) is 0 Å². The van der Waals surface area contributed by atoms with Crippen LogP contribution in [0.5, 0.6) is 0 Å². The highest BCUT2D eigenvalue weighted by atomic mass is 32.1. The van der Waals surface area contributed by atoms with Gasteiger partial charge in [0.05, 0.1) is 18.8 Å². The van der Waals surface area contributed by atoms with E-state index in [0.717, 1.165) is 37.6 Å². The van der Waals surface area contributed by atoms with Gasteiger partial charge in [0.15, 0.2) is 5.78 Å². The summed E-state index contributed by atoms with van der Waals surface area (Å²) in [6.07, 6.45) is 0. The van der Waals surface area contributed by atoms with Crippen molar-refractivity contribution in [3.05, 3.63) is 51.7 Å². The van der Waals surface area contributed by atoms with E-state index in [4.69, 9.17) is 4.74 Å². The summed E-state index contributed by atoms with van der Waals surface area (Å²) in [5, 5.41) is 2.16. The highest BCUT2D eigenvalue weighted by molar-refractivity contribution is 7.10. The first-order chi connectivity index (χ1) is 12.8. The molecule has 2 unspecified atom stereocenters. The summed E-state index contributed by atoms with van der Waals surface area (Å²) >= 11 is 1.74. The largest absolute Gasteiger partial charge is 0.378 e. The van der Waals surface area contributed by atoms with Crippen molar-refractivity contribution in [3.63, 3.8) is 0 Å². The van der Waals surface area contributed by atoms with Gasteiger partial charge in [-0.05, 0) is 69.2 Å². The topological polar surface area (TPSA) is 32.8 Å². The van der Waals surface area contributed by atoms with Crippen molar-refractivity contribution < 1.29 is 9.53 Å². The van der Waals surface area contributed by atoms with Crippen molar-refractivity contribution in [1.29, 1.82) is 0 Å². The van der Waals surface area contributed by atoms with E-state index >= 15 is 0 Å². The predicted molar refractivity (Wildman–Crippen MR) is 113 cm³/mol. The number of benzene rings is 1. The number of thiophene rings is 1. The average Bonchev–Trinajstić information content (AvgIpc) is 3.13. The second kappa shape index (κ2) is 8.13. The standard InChI is InChI=1S/C22H30N2O2S/c1-16-14-20(27-15-16)17(2)22(3,23(4)5)21(25)18-6-8-19(9-7-18)24-10-12-26-13-11-24/h6-9,14-15,17H,10-13H2,1-5H3. The smallest absolute Gasteiger partial charge is 0.183 e. The molecule has 1 fully saturated rings. The van der Waals surface area contributed by atoms with E-state index in [9.17, 15) is 4.79 Å². The van der Waals surface area contributed by atoms with E-state index in [1.807, 2.05) is 26.2 Å². The number of Topliss-reactive ketones (excluding diaryl/α,β-unsaturated/α-hetero) is 1. The Morgan fingerprint density at radius 1 is 1.22 bits per heavy atom. The fourth-order valence-electron chi connectivity index (χ4n) is 3.68. The molecule has 27 heavy (non-hydrogen) atoms. The molecule has 0 amide bonds. The van der Waals surface area contributed by atoms with Crippen LogP contribution in [0.2, 0.25) is 0 Å². The van der Waals surface area contributed by atoms with Gasteiger partial charge in [-0.25, -0.2) is 0 Å². The Balaban J connectivity index is 1.86. The van der Waals surface area contributed by atoms with Crippen molar-refractivity contribution in [2.45, 2.75) is 32.2 Å². The molecule has 0 radical (unpaired) electrons. The zero-order chi connectivity index (χ0) is 19.6. The lowest BCUT2D eigenvalue weighted by Crippen LogP contribution is -2.52. The number of nitrogens with zero attached hydrogens (tertiary/aromatic N) is 2. The van der Waals surface area contributed by atoms with Gasteiger partial charge < -0.3 is 9.64 Å². The molecule has 0 aliphatic carbocycles. The lowest BCUT2D eigenvalue weighted by Gasteiger charge is -2.40. The molecule has 0 N–H and O–H groups in total. The van der Waals surface area contributed by atoms with E-state index in [1.165, 1.54) is 10.4 Å². The van der Waals surface area contributed by atoms with E-state index in [1.54, 1.807) is 11.3 Å². The molecule has 4 nitrogen and oxygen atoms in total. The molecule has 2 aromatic rings. The minimum atomic E-state index is -0.599. The zero-order valence-electron chi connectivity index (χ0n) is 17.0. The quantitative estimate of drug-likeness (QED) is 0.697. The van der Waals surface area contributed by atoms with Crippen LogP contribution >= 0.6 is 11.3 Å². The highest BCUT2D eigenvalue weighted by Gasteiger charge is 2.42. The predicted octanol–water partition coefficient (Wildman–Crippen LogP) is 4.20. The third-order valence-electron chi connectivity index (χ3n) is 5.92. The van der Waals surface area contributed by atoms with E-state index < -0.39 is 5.54 Å². The van der Waals surface area contributed by atoms with Crippen LogP contribution in [-0.2, 0) is 4.74 Å². The molecule has 1 aliphatic heterocycles. The third-order valence-corrected chi connectivity index (χ3v) is 7.15. The number of ether oxygens (including phenoxy) is 1.